The summed E-state index contributed by atoms with van der Waals surface area (Å²) in [6.45, 7) is 5.50. The smallest absolute Gasteiger partial charge is 0.223 e. The average molecular weight is 330 g/mol. The summed E-state index contributed by atoms with van der Waals surface area (Å²) in [5.41, 5.74) is 0. The van der Waals surface area contributed by atoms with Gasteiger partial charge in [-0.2, -0.15) is 4.98 Å². The lowest BCUT2D eigenvalue weighted by Crippen LogP contribution is -2.41. The zero-order chi connectivity index (χ0) is 16.3. The Kier molecular flexibility index (Phi) is 5.17. The molecule has 1 atom stereocenters. The molecule has 9 heteroatoms. The van der Waals surface area contributed by atoms with Crippen LogP contribution < -0.4 is 0 Å². The minimum absolute atomic E-state index is 0.0441. The number of hydrogen-bond acceptors (Lipinski definition) is 7. The largest absolute Gasteiger partial charge is 0.340 e. The highest BCUT2D eigenvalue weighted by Gasteiger charge is 2.30. The number of nitrogens with zero attached hydrogens (tertiary/aromatic N) is 4. The van der Waals surface area contributed by atoms with E-state index in [2.05, 4.69) is 15.0 Å². The predicted molar refractivity (Wildman–Crippen MR) is 79.8 cm³/mol. The molecule has 0 saturated carbocycles. The molecule has 1 saturated heterocycles. The number of aromatic nitrogens is 2. The van der Waals surface area contributed by atoms with E-state index in [0.717, 1.165) is 13.0 Å². The first kappa shape index (κ1) is 16.9. The maximum atomic E-state index is 11.9. The zero-order valence-electron chi connectivity index (χ0n) is 13.2. The fourth-order valence-electron chi connectivity index (χ4n) is 2.62. The Balaban J connectivity index is 1.94. The van der Waals surface area contributed by atoms with Crippen molar-refractivity contribution in [2.24, 2.45) is 0 Å². The van der Waals surface area contributed by atoms with E-state index < -0.39 is 9.84 Å². The lowest BCUT2D eigenvalue weighted by Gasteiger charge is -2.27. The number of carbonyl (C=O) groups is 1. The van der Waals surface area contributed by atoms with Crippen LogP contribution in [0.5, 0.6) is 0 Å². The fourth-order valence-corrected chi connectivity index (χ4v) is 3.21. The van der Waals surface area contributed by atoms with Gasteiger partial charge in [0.1, 0.15) is 9.84 Å². The molecule has 0 unspecified atom stereocenters. The number of likely N-dealkylation sites (tertiary alicyclic amines) is 1. The molecule has 1 aromatic heterocycles. The minimum Gasteiger partial charge on any atom is -0.340 e. The zero-order valence-corrected chi connectivity index (χ0v) is 14.0. The van der Waals surface area contributed by atoms with Gasteiger partial charge in [0.2, 0.25) is 11.8 Å². The normalized spacial score (nSPS) is 19.5. The molecule has 8 nitrogen and oxygen atoms in total. The lowest BCUT2D eigenvalue weighted by molar-refractivity contribution is -0.131. The topological polar surface area (TPSA) is 96.6 Å². The van der Waals surface area contributed by atoms with Crippen molar-refractivity contribution in [2.75, 3.05) is 31.6 Å². The van der Waals surface area contributed by atoms with Crippen molar-refractivity contribution in [3.8, 4) is 0 Å². The molecular weight excluding hydrogens is 308 g/mol. The van der Waals surface area contributed by atoms with E-state index in [4.69, 9.17) is 4.52 Å². The third-order valence-electron chi connectivity index (χ3n) is 3.75. The Morgan fingerprint density at radius 3 is 2.77 bits per heavy atom. The molecule has 0 aliphatic carbocycles. The highest BCUT2D eigenvalue weighted by atomic mass is 32.2. The molecule has 0 aromatic carbocycles. The molecule has 0 radical (unpaired) electrons. The average Bonchev–Trinajstić information content (AvgIpc) is 3.01. The van der Waals surface area contributed by atoms with Crippen molar-refractivity contribution in [3.63, 3.8) is 0 Å². The molecule has 2 rings (SSSR count). The van der Waals surface area contributed by atoms with Crippen molar-refractivity contribution in [2.45, 2.75) is 32.9 Å². The Morgan fingerprint density at radius 1 is 1.50 bits per heavy atom. The van der Waals surface area contributed by atoms with Crippen LogP contribution in [0.25, 0.3) is 0 Å². The van der Waals surface area contributed by atoms with Crippen LogP contribution >= 0.6 is 0 Å². The quantitative estimate of drug-likeness (QED) is 0.715. The van der Waals surface area contributed by atoms with E-state index in [1.165, 1.54) is 13.2 Å². The fraction of sp³-hybridized carbons (Fsp3) is 0.769. The van der Waals surface area contributed by atoms with E-state index in [1.54, 1.807) is 11.8 Å². The van der Waals surface area contributed by atoms with Gasteiger partial charge in [-0.25, -0.2) is 8.42 Å². The van der Waals surface area contributed by atoms with Gasteiger partial charge in [-0.15, -0.1) is 0 Å². The molecule has 1 aliphatic rings. The van der Waals surface area contributed by atoms with Gasteiger partial charge < -0.3 is 14.3 Å². The van der Waals surface area contributed by atoms with Crippen molar-refractivity contribution < 1.29 is 17.7 Å². The second kappa shape index (κ2) is 6.74. The summed E-state index contributed by atoms with van der Waals surface area (Å²) in [6, 6.07) is 0.0517. The van der Waals surface area contributed by atoms with Crippen molar-refractivity contribution in [1.82, 2.24) is 19.9 Å². The van der Waals surface area contributed by atoms with Crippen LogP contribution in [-0.4, -0.2) is 72.0 Å². The Labute approximate surface area is 130 Å². The van der Waals surface area contributed by atoms with E-state index >= 15 is 0 Å². The van der Waals surface area contributed by atoms with Crippen LogP contribution in [0, 0.1) is 6.92 Å². The third kappa shape index (κ3) is 4.77. The van der Waals surface area contributed by atoms with E-state index in [9.17, 15) is 13.2 Å². The highest BCUT2D eigenvalue weighted by molar-refractivity contribution is 7.90. The van der Waals surface area contributed by atoms with E-state index in [0.29, 0.717) is 31.3 Å². The maximum absolute atomic E-state index is 11.9. The van der Waals surface area contributed by atoms with Crippen molar-refractivity contribution >= 4 is 15.7 Å². The van der Waals surface area contributed by atoms with Gasteiger partial charge >= 0.3 is 0 Å². The first-order valence-corrected chi connectivity index (χ1v) is 9.27. The predicted octanol–water partition coefficient (Wildman–Crippen LogP) is -0.155. The standard InChI is InChI=1S/C13H22N4O4S/c1-10-14-13(15-21-10)9-17(11(2)18)12-4-5-16(8-12)6-7-22(3,19)20/h12H,4-9H2,1-3H3/t12-/m1/s1. The molecule has 1 aliphatic heterocycles. The van der Waals surface area contributed by atoms with Crippen molar-refractivity contribution in [3.05, 3.63) is 11.7 Å². The second-order valence-corrected chi connectivity index (χ2v) is 8.01. The Bertz CT molecular complexity index is 628. The second-order valence-electron chi connectivity index (χ2n) is 5.75. The summed E-state index contributed by atoms with van der Waals surface area (Å²) in [4.78, 5) is 19.8. The summed E-state index contributed by atoms with van der Waals surface area (Å²) in [5, 5.41) is 3.82. The first-order valence-electron chi connectivity index (χ1n) is 7.21. The lowest BCUT2D eigenvalue weighted by atomic mass is 10.2. The third-order valence-corrected chi connectivity index (χ3v) is 4.68. The van der Waals surface area contributed by atoms with Gasteiger partial charge in [-0.1, -0.05) is 5.16 Å². The molecule has 0 spiro atoms. The Hall–Kier alpha value is -1.48. The van der Waals surface area contributed by atoms with Crippen molar-refractivity contribution in [1.29, 1.82) is 0 Å². The van der Waals surface area contributed by atoms with Crippen LogP contribution in [0.3, 0.4) is 0 Å². The molecule has 1 fully saturated rings. The molecule has 1 aromatic rings. The van der Waals surface area contributed by atoms with Gasteiger partial charge in [0.15, 0.2) is 5.82 Å². The van der Waals surface area contributed by atoms with Crippen LogP contribution in [0.1, 0.15) is 25.1 Å². The summed E-state index contributed by atoms with van der Waals surface area (Å²) in [6.07, 6.45) is 2.06. The van der Waals surface area contributed by atoms with Gasteiger partial charge in [-0.3, -0.25) is 4.79 Å². The van der Waals surface area contributed by atoms with Gasteiger partial charge in [0.05, 0.1) is 12.3 Å². The number of carbonyl (C=O) groups excluding carboxylic acids is 1. The molecule has 2 heterocycles. The monoisotopic (exact) mass is 330 g/mol. The summed E-state index contributed by atoms with van der Waals surface area (Å²) in [5.74, 6) is 1.06. The van der Waals surface area contributed by atoms with Gasteiger partial charge in [-0.05, 0) is 6.42 Å². The molecular formula is C13H22N4O4S. The maximum Gasteiger partial charge on any atom is 0.223 e. The molecule has 0 bridgehead atoms. The Morgan fingerprint density at radius 2 is 2.23 bits per heavy atom. The summed E-state index contributed by atoms with van der Waals surface area (Å²) >= 11 is 0. The number of rotatable bonds is 6. The summed E-state index contributed by atoms with van der Waals surface area (Å²) < 4.78 is 27.4. The van der Waals surface area contributed by atoms with Crippen LogP contribution in [0.15, 0.2) is 4.52 Å². The van der Waals surface area contributed by atoms with E-state index in [1.807, 2.05) is 0 Å². The highest BCUT2D eigenvalue weighted by Crippen LogP contribution is 2.18. The van der Waals surface area contributed by atoms with Crippen LogP contribution in [-0.2, 0) is 21.2 Å². The van der Waals surface area contributed by atoms with Crippen LogP contribution in [0.2, 0.25) is 0 Å². The molecule has 0 N–H and O–H groups in total. The molecule has 22 heavy (non-hydrogen) atoms. The molecule has 124 valence electrons. The first-order chi connectivity index (χ1) is 10.2. The minimum atomic E-state index is -2.97. The molecule has 1 amide bonds. The van der Waals surface area contributed by atoms with E-state index in [-0.39, 0.29) is 17.7 Å². The van der Waals surface area contributed by atoms with Gasteiger partial charge in [0.25, 0.3) is 0 Å². The SMILES string of the molecule is CC(=O)N(Cc1noc(C)n1)[C@@H]1CCN(CCS(C)(=O)=O)C1. The number of aryl methyl sites for hydroxylation is 1. The van der Waals surface area contributed by atoms with Crippen LogP contribution in [0.4, 0.5) is 0 Å². The summed E-state index contributed by atoms with van der Waals surface area (Å²) in [7, 11) is -2.97. The number of hydrogen-bond donors (Lipinski definition) is 0. The van der Waals surface area contributed by atoms with Gasteiger partial charge in [0, 0.05) is 45.8 Å². The number of sulfone groups is 1. The number of amides is 1.